The van der Waals surface area contributed by atoms with Crippen molar-refractivity contribution in [2.75, 3.05) is 16.8 Å². The van der Waals surface area contributed by atoms with Gasteiger partial charge in [-0.2, -0.15) is 0 Å². The van der Waals surface area contributed by atoms with Crippen LogP contribution in [0.15, 0.2) is 66.7 Å². The molecule has 0 aliphatic carbocycles. The van der Waals surface area contributed by atoms with Gasteiger partial charge in [-0.15, -0.1) is 0 Å². The summed E-state index contributed by atoms with van der Waals surface area (Å²) in [4.78, 5) is 27.0. The molecule has 3 aromatic rings. The maximum absolute atomic E-state index is 12.8. The molecule has 0 aromatic heterocycles. The highest BCUT2D eigenvalue weighted by Gasteiger charge is 2.27. The van der Waals surface area contributed by atoms with Gasteiger partial charge in [-0.3, -0.25) is 9.59 Å². The molecule has 3 aromatic carbocycles. The monoisotopic (exact) mass is 427 g/mol. The number of para-hydroxylation sites is 2. The number of rotatable bonds is 5. The van der Waals surface area contributed by atoms with Gasteiger partial charge < -0.3 is 20.3 Å². The van der Waals surface area contributed by atoms with E-state index in [-0.39, 0.29) is 11.8 Å². The first-order chi connectivity index (χ1) is 15.6. The lowest BCUT2D eigenvalue weighted by atomic mass is 10.1. The van der Waals surface area contributed by atoms with Crippen LogP contribution in [-0.2, 0) is 24.3 Å². The lowest BCUT2D eigenvalue weighted by Gasteiger charge is -2.25. The molecule has 2 heterocycles. The molecule has 2 aliphatic heterocycles. The number of amides is 2. The first kappa shape index (κ1) is 20.1. The maximum Gasteiger partial charge on any atom is 0.265 e. The van der Waals surface area contributed by atoms with Crippen molar-refractivity contribution in [3.8, 4) is 5.75 Å². The van der Waals surface area contributed by atoms with Crippen LogP contribution in [0, 0.1) is 0 Å². The summed E-state index contributed by atoms with van der Waals surface area (Å²) in [6, 6.07) is 22.1. The molecular weight excluding hydrogens is 402 g/mol. The Morgan fingerprint density at radius 1 is 1.06 bits per heavy atom. The van der Waals surface area contributed by atoms with Crippen molar-refractivity contribution < 1.29 is 14.3 Å². The van der Waals surface area contributed by atoms with E-state index in [1.54, 1.807) is 25.1 Å². The Morgan fingerprint density at radius 2 is 1.84 bits per heavy atom. The number of hydrogen-bond acceptors (Lipinski definition) is 4. The Labute approximate surface area is 187 Å². The molecule has 0 fully saturated rings. The topological polar surface area (TPSA) is 70.7 Å². The highest BCUT2D eigenvalue weighted by molar-refractivity contribution is 6.03. The zero-order valence-corrected chi connectivity index (χ0v) is 17.9. The summed E-state index contributed by atoms with van der Waals surface area (Å²) in [5, 5.41) is 5.73. The summed E-state index contributed by atoms with van der Waals surface area (Å²) in [6.07, 6.45) is 0.460. The average molecular weight is 428 g/mol. The lowest BCUT2D eigenvalue weighted by Crippen LogP contribution is -2.35. The minimum Gasteiger partial charge on any atom is -0.478 e. The number of fused-ring (bicyclic) bond motifs is 2. The van der Waals surface area contributed by atoms with Gasteiger partial charge >= 0.3 is 0 Å². The van der Waals surface area contributed by atoms with Crippen molar-refractivity contribution in [2.24, 2.45) is 0 Å². The van der Waals surface area contributed by atoms with E-state index in [0.717, 1.165) is 25.1 Å². The molecule has 0 bridgehead atoms. The molecule has 2 aliphatic rings. The fraction of sp³-hybridized carbons (Fsp3) is 0.231. The van der Waals surface area contributed by atoms with Gasteiger partial charge in [0.05, 0.1) is 11.3 Å². The molecule has 5 rings (SSSR count). The predicted molar refractivity (Wildman–Crippen MR) is 124 cm³/mol. The second kappa shape index (κ2) is 8.38. The summed E-state index contributed by atoms with van der Waals surface area (Å²) in [7, 11) is 0. The molecule has 6 nitrogen and oxygen atoms in total. The zero-order chi connectivity index (χ0) is 22.1. The Kier molecular flexibility index (Phi) is 5.27. The highest BCUT2D eigenvalue weighted by Crippen LogP contribution is 2.33. The van der Waals surface area contributed by atoms with Crippen LogP contribution < -0.4 is 20.3 Å². The third kappa shape index (κ3) is 3.91. The van der Waals surface area contributed by atoms with Gasteiger partial charge in [0.15, 0.2) is 11.9 Å². The van der Waals surface area contributed by atoms with Crippen molar-refractivity contribution in [3.63, 3.8) is 0 Å². The van der Waals surface area contributed by atoms with Crippen LogP contribution in [0.2, 0.25) is 0 Å². The SMILES string of the molecule is CC1Oc2c(cccc2C(=O)NCc2ccc(CN3CCc4ccccc43)cc2)NC1=O. The van der Waals surface area contributed by atoms with Crippen molar-refractivity contribution in [2.45, 2.75) is 32.5 Å². The third-order valence-electron chi connectivity index (χ3n) is 6.01. The third-order valence-corrected chi connectivity index (χ3v) is 6.01. The van der Waals surface area contributed by atoms with E-state index in [4.69, 9.17) is 4.74 Å². The van der Waals surface area contributed by atoms with Gasteiger partial charge in [-0.05, 0) is 48.2 Å². The van der Waals surface area contributed by atoms with Gasteiger partial charge in [0.2, 0.25) is 0 Å². The number of hydrogen-bond donors (Lipinski definition) is 2. The molecule has 2 amide bonds. The van der Waals surface area contributed by atoms with Crippen LogP contribution in [0.1, 0.15) is 34.0 Å². The van der Waals surface area contributed by atoms with E-state index < -0.39 is 6.10 Å². The first-order valence-corrected chi connectivity index (χ1v) is 10.9. The summed E-state index contributed by atoms with van der Waals surface area (Å²) in [5.41, 5.74) is 5.94. The zero-order valence-electron chi connectivity index (χ0n) is 17.9. The largest absolute Gasteiger partial charge is 0.478 e. The summed E-state index contributed by atoms with van der Waals surface area (Å²) in [6.45, 7) is 3.99. The number of nitrogens with zero attached hydrogens (tertiary/aromatic N) is 1. The number of carbonyl (C=O) groups excluding carboxylic acids is 2. The van der Waals surface area contributed by atoms with Crippen molar-refractivity contribution in [1.82, 2.24) is 5.32 Å². The second-order valence-corrected chi connectivity index (χ2v) is 8.23. The molecular formula is C26H25N3O3. The second-order valence-electron chi connectivity index (χ2n) is 8.23. The molecule has 0 spiro atoms. The van der Waals surface area contributed by atoms with Crippen LogP contribution >= 0.6 is 0 Å². The summed E-state index contributed by atoms with van der Waals surface area (Å²) in [5.74, 6) is -0.0335. The van der Waals surface area contributed by atoms with E-state index in [2.05, 4.69) is 64.1 Å². The molecule has 0 saturated carbocycles. The standard InChI is InChI=1S/C26H25N3O3/c1-17-25(30)28-22-7-4-6-21(24(22)32-17)26(31)27-15-18-9-11-19(12-10-18)16-29-14-13-20-5-2-3-8-23(20)29/h2-12,17H,13-16H2,1H3,(H,27,31)(H,28,30). The minimum atomic E-state index is -0.633. The number of carbonyl (C=O) groups is 2. The predicted octanol–water partition coefficient (Wildman–Crippen LogP) is 3.90. The van der Waals surface area contributed by atoms with E-state index in [9.17, 15) is 9.59 Å². The molecule has 1 unspecified atom stereocenters. The Bertz CT molecular complexity index is 1170. The molecule has 0 radical (unpaired) electrons. The van der Waals surface area contributed by atoms with Gasteiger partial charge in [0, 0.05) is 25.3 Å². The van der Waals surface area contributed by atoms with Crippen LogP contribution in [0.4, 0.5) is 11.4 Å². The number of anilines is 2. The maximum atomic E-state index is 12.8. The van der Waals surface area contributed by atoms with Gasteiger partial charge in [0.1, 0.15) is 0 Å². The number of benzene rings is 3. The van der Waals surface area contributed by atoms with Crippen LogP contribution in [0.25, 0.3) is 0 Å². The molecule has 32 heavy (non-hydrogen) atoms. The molecule has 6 heteroatoms. The van der Waals surface area contributed by atoms with Gasteiger partial charge in [-0.1, -0.05) is 48.5 Å². The minimum absolute atomic E-state index is 0.215. The van der Waals surface area contributed by atoms with Crippen LogP contribution in [0.5, 0.6) is 5.75 Å². The smallest absolute Gasteiger partial charge is 0.265 e. The average Bonchev–Trinajstić information content (AvgIpc) is 3.21. The van der Waals surface area contributed by atoms with Crippen molar-refractivity contribution >= 4 is 23.2 Å². The molecule has 2 N–H and O–H groups in total. The first-order valence-electron chi connectivity index (χ1n) is 10.9. The molecule has 0 saturated heterocycles. The Balaban J connectivity index is 1.22. The Hall–Kier alpha value is -3.80. The van der Waals surface area contributed by atoms with Gasteiger partial charge in [-0.25, -0.2) is 0 Å². The van der Waals surface area contributed by atoms with Crippen LogP contribution in [-0.4, -0.2) is 24.5 Å². The molecule has 1 atom stereocenters. The van der Waals surface area contributed by atoms with E-state index >= 15 is 0 Å². The van der Waals surface area contributed by atoms with Crippen molar-refractivity contribution in [1.29, 1.82) is 0 Å². The fourth-order valence-corrected chi connectivity index (χ4v) is 4.24. The lowest BCUT2D eigenvalue weighted by molar-refractivity contribution is -0.122. The normalized spacial score (nSPS) is 16.6. The van der Waals surface area contributed by atoms with E-state index in [0.29, 0.717) is 23.5 Å². The van der Waals surface area contributed by atoms with Crippen molar-refractivity contribution in [3.05, 3.63) is 89.0 Å². The van der Waals surface area contributed by atoms with E-state index in [1.807, 2.05) is 0 Å². The summed E-state index contributed by atoms with van der Waals surface area (Å²) >= 11 is 0. The summed E-state index contributed by atoms with van der Waals surface area (Å²) < 4.78 is 5.67. The quantitative estimate of drug-likeness (QED) is 0.648. The fourth-order valence-electron chi connectivity index (χ4n) is 4.24. The van der Waals surface area contributed by atoms with Gasteiger partial charge in [0.25, 0.3) is 11.8 Å². The number of ether oxygens (including phenoxy) is 1. The number of nitrogens with one attached hydrogen (secondary N) is 2. The molecule has 162 valence electrons. The Morgan fingerprint density at radius 3 is 2.69 bits per heavy atom. The highest BCUT2D eigenvalue weighted by atomic mass is 16.5. The van der Waals surface area contributed by atoms with E-state index in [1.165, 1.54) is 16.8 Å². The van der Waals surface area contributed by atoms with Crippen LogP contribution in [0.3, 0.4) is 0 Å².